The molecule has 1 atom stereocenters. The van der Waals surface area contributed by atoms with Gasteiger partial charge in [-0.25, -0.2) is 0 Å². The van der Waals surface area contributed by atoms with Gasteiger partial charge in [-0.15, -0.1) is 12.3 Å². The topological polar surface area (TPSA) is 41.5 Å². The number of nitrogens with one attached hydrogen (secondary N) is 1. The molecular weight excluding hydrogens is 306 g/mol. The zero-order valence-electron chi connectivity index (χ0n) is 11.2. The lowest BCUT2D eigenvalue weighted by atomic mass is 10.2. The van der Waals surface area contributed by atoms with Gasteiger partial charge in [-0.3, -0.25) is 0 Å². The van der Waals surface area contributed by atoms with E-state index in [9.17, 15) is 5.11 Å². The maximum atomic E-state index is 9.77. The minimum atomic E-state index is -0.529. The van der Waals surface area contributed by atoms with Gasteiger partial charge < -0.3 is 15.2 Å². The molecule has 4 heteroatoms. The molecule has 3 nitrogen and oxygen atoms in total. The van der Waals surface area contributed by atoms with Crippen molar-refractivity contribution in [3.8, 4) is 18.1 Å². The molecule has 0 aliphatic rings. The molecule has 1 unspecified atom stereocenters. The molecular formula is C15H20BrNO2. The maximum Gasteiger partial charge on any atom is 0.133 e. The van der Waals surface area contributed by atoms with E-state index in [4.69, 9.17) is 11.2 Å². The standard InChI is InChI=1S/C15H20BrNO2/c1-3-4-5-8-17-10-13(18)11-19-15-7-6-12(2)9-14(15)16/h1,6-7,9,13,17-18H,4-5,8,10-11H2,2H3. The molecule has 1 aromatic rings. The number of hydrogen-bond acceptors (Lipinski definition) is 3. The number of rotatable bonds is 8. The fourth-order valence-electron chi connectivity index (χ4n) is 1.55. The molecule has 104 valence electrons. The van der Waals surface area contributed by atoms with Gasteiger partial charge in [0.1, 0.15) is 18.5 Å². The highest BCUT2D eigenvalue weighted by Gasteiger charge is 2.06. The summed E-state index contributed by atoms with van der Waals surface area (Å²) >= 11 is 3.44. The van der Waals surface area contributed by atoms with Gasteiger partial charge in [-0.1, -0.05) is 6.07 Å². The van der Waals surface area contributed by atoms with E-state index < -0.39 is 6.10 Å². The smallest absolute Gasteiger partial charge is 0.133 e. The lowest BCUT2D eigenvalue weighted by Gasteiger charge is -2.14. The van der Waals surface area contributed by atoms with E-state index in [1.54, 1.807) is 0 Å². The third kappa shape index (κ3) is 6.63. The summed E-state index contributed by atoms with van der Waals surface area (Å²) in [6, 6.07) is 5.86. The quantitative estimate of drug-likeness (QED) is 0.570. The predicted octanol–water partition coefficient (Wildman–Crippen LogP) is 2.50. The van der Waals surface area contributed by atoms with E-state index in [0.29, 0.717) is 6.54 Å². The number of hydrogen-bond donors (Lipinski definition) is 2. The Morgan fingerprint density at radius 3 is 3.00 bits per heavy atom. The van der Waals surface area contributed by atoms with E-state index in [-0.39, 0.29) is 6.61 Å². The van der Waals surface area contributed by atoms with E-state index in [1.165, 1.54) is 0 Å². The number of halogens is 1. The second kappa shape index (κ2) is 8.98. The number of ether oxygens (including phenoxy) is 1. The summed E-state index contributed by atoms with van der Waals surface area (Å²) in [6.45, 7) is 3.61. The van der Waals surface area contributed by atoms with Crippen LogP contribution in [0.3, 0.4) is 0 Å². The molecule has 1 rings (SSSR count). The van der Waals surface area contributed by atoms with Crippen LogP contribution in [0.2, 0.25) is 0 Å². The molecule has 0 radical (unpaired) electrons. The summed E-state index contributed by atoms with van der Waals surface area (Å²) in [7, 11) is 0. The van der Waals surface area contributed by atoms with Crippen LogP contribution in [0.1, 0.15) is 18.4 Å². The number of aliphatic hydroxyl groups excluding tert-OH is 1. The average Bonchev–Trinajstić information content (AvgIpc) is 2.37. The average molecular weight is 326 g/mol. The lowest BCUT2D eigenvalue weighted by Crippen LogP contribution is -2.32. The van der Waals surface area contributed by atoms with Gasteiger partial charge >= 0.3 is 0 Å². The van der Waals surface area contributed by atoms with Crippen LogP contribution >= 0.6 is 15.9 Å². The molecule has 0 spiro atoms. The van der Waals surface area contributed by atoms with Crippen molar-refractivity contribution in [1.29, 1.82) is 0 Å². The van der Waals surface area contributed by atoms with Gasteiger partial charge in [-0.05, 0) is 53.5 Å². The first-order valence-electron chi connectivity index (χ1n) is 6.34. The van der Waals surface area contributed by atoms with Crippen molar-refractivity contribution in [2.75, 3.05) is 19.7 Å². The molecule has 0 heterocycles. The largest absolute Gasteiger partial charge is 0.490 e. The van der Waals surface area contributed by atoms with Crippen molar-refractivity contribution < 1.29 is 9.84 Å². The van der Waals surface area contributed by atoms with Crippen LogP contribution in [-0.4, -0.2) is 30.9 Å². The minimum Gasteiger partial charge on any atom is -0.490 e. The number of terminal acetylenes is 1. The van der Waals surface area contributed by atoms with Crippen molar-refractivity contribution in [1.82, 2.24) is 5.32 Å². The number of aliphatic hydroxyl groups is 1. The SMILES string of the molecule is C#CCCCNCC(O)COc1ccc(C)cc1Br. The minimum absolute atomic E-state index is 0.268. The third-order valence-electron chi connectivity index (χ3n) is 2.57. The molecule has 0 amide bonds. The molecule has 0 saturated heterocycles. The van der Waals surface area contributed by atoms with Crippen molar-refractivity contribution in [3.63, 3.8) is 0 Å². The van der Waals surface area contributed by atoms with E-state index in [1.807, 2.05) is 25.1 Å². The summed E-state index contributed by atoms with van der Waals surface area (Å²) in [5.41, 5.74) is 1.16. The van der Waals surface area contributed by atoms with Crippen molar-refractivity contribution in [2.24, 2.45) is 0 Å². The summed E-state index contributed by atoms with van der Waals surface area (Å²) in [6.07, 6.45) is 6.31. The Labute approximate surface area is 123 Å². The Hall–Kier alpha value is -1.02. The summed E-state index contributed by atoms with van der Waals surface area (Å²) in [4.78, 5) is 0. The summed E-state index contributed by atoms with van der Waals surface area (Å²) in [5, 5.41) is 12.9. The Balaban J connectivity index is 2.22. The van der Waals surface area contributed by atoms with Crippen LogP contribution in [0.4, 0.5) is 0 Å². The normalized spacial score (nSPS) is 11.9. The van der Waals surface area contributed by atoms with Crippen LogP contribution in [-0.2, 0) is 0 Å². The molecule has 0 bridgehead atoms. The molecule has 0 aromatic heterocycles. The number of unbranched alkanes of at least 4 members (excludes halogenated alkanes) is 1. The van der Waals surface area contributed by atoms with Crippen LogP contribution in [0, 0.1) is 19.3 Å². The monoisotopic (exact) mass is 325 g/mol. The summed E-state index contributed by atoms with van der Waals surface area (Å²) < 4.78 is 6.47. The Morgan fingerprint density at radius 2 is 2.32 bits per heavy atom. The van der Waals surface area contributed by atoms with Crippen LogP contribution in [0.15, 0.2) is 22.7 Å². The molecule has 0 aliphatic carbocycles. The second-order valence-electron chi connectivity index (χ2n) is 4.41. The van der Waals surface area contributed by atoms with Gasteiger partial charge in [0, 0.05) is 13.0 Å². The third-order valence-corrected chi connectivity index (χ3v) is 3.19. The second-order valence-corrected chi connectivity index (χ2v) is 5.26. The molecule has 1 aromatic carbocycles. The Bertz CT molecular complexity index is 429. The lowest BCUT2D eigenvalue weighted by molar-refractivity contribution is 0.106. The van der Waals surface area contributed by atoms with Gasteiger partial charge in [-0.2, -0.15) is 0 Å². The van der Waals surface area contributed by atoms with Crippen LogP contribution in [0.25, 0.3) is 0 Å². The molecule has 2 N–H and O–H groups in total. The molecule has 0 fully saturated rings. The van der Waals surface area contributed by atoms with Crippen molar-refractivity contribution in [3.05, 3.63) is 28.2 Å². The van der Waals surface area contributed by atoms with E-state index in [0.717, 1.165) is 35.2 Å². The van der Waals surface area contributed by atoms with Crippen molar-refractivity contribution >= 4 is 15.9 Å². The highest BCUT2D eigenvalue weighted by atomic mass is 79.9. The van der Waals surface area contributed by atoms with Gasteiger partial charge in [0.05, 0.1) is 4.47 Å². The zero-order chi connectivity index (χ0) is 14.1. The summed E-state index contributed by atoms with van der Waals surface area (Å²) in [5.74, 6) is 3.33. The molecule has 0 saturated carbocycles. The number of benzene rings is 1. The first-order chi connectivity index (χ1) is 9.13. The fourth-order valence-corrected chi connectivity index (χ4v) is 2.16. The van der Waals surface area contributed by atoms with Gasteiger partial charge in [0.25, 0.3) is 0 Å². The predicted molar refractivity (Wildman–Crippen MR) is 81.3 cm³/mol. The van der Waals surface area contributed by atoms with E-state index >= 15 is 0 Å². The highest BCUT2D eigenvalue weighted by Crippen LogP contribution is 2.25. The maximum absolute atomic E-state index is 9.77. The van der Waals surface area contributed by atoms with E-state index in [2.05, 4.69) is 27.2 Å². The first kappa shape index (κ1) is 16.0. The van der Waals surface area contributed by atoms with Crippen LogP contribution < -0.4 is 10.1 Å². The van der Waals surface area contributed by atoms with Gasteiger partial charge in [0.15, 0.2) is 0 Å². The van der Waals surface area contributed by atoms with Crippen LogP contribution in [0.5, 0.6) is 5.75 Å². The Morgan fingerprint density at radius 1 is 1.53 bits per heavy atom. The molecule has 0 aliphatic heterocycles. The molecule has 19 heavy (non-hydrogen) atoms. The van der Waals surface area contributed by atoms with Gasteiger partial charge in [0.2, 0.25) is 0 Å². The highest BCUT2D eigenvalue weighted by molar-refractivity contribution is 9.10. The fraction of sp³-hybridized carbons (Fsp3) is 0.467. The zero-order valence-corrected chi connectivity index (χ0v) is 12.7. The van der Waals surface area contributed by atoms with Crippen molar-refractivity contribution in [2.45, 2.75) is 25.9 Å². The first-order valence-corrected chi connectivity index (χ1v) is 7.14. The number of aryl methyl sites for hydroxylation is 1. The Kier molecular flexibility index (Phi) is 7.57.